The van der Waals surface area contributed by atoms with Gasteiger partial charge in [-0.05, 0) is 23.8 Å². The molecule has 114 valence electrons. The fraction of sp³-hybridized carbons (Fsp3) is 0.125. The second kappa shape index (κ2) is 7.82. The van der Waals surface area contributed by atoms with E-state index in [2.05, 4.69) is 5.32 Å². The molecule has 0 aromatic heterocycles. The van der Waals surface area contributed by atoms with E-state index < -0.39 is 11.9 Å². The standard InChI is InChI=1S/C16H13Cl2NO3/c17-12-6-7-14(18)13(8-12)16(21)22-10-15(20)19-9-11-4-2-1-3-5-11/h1-8H,9-10H2,(H,19,20). The zero-order valence-electron chi connectivity index (χ0n) is 11.5. The van der Waals surface area contributed by atoms with Gasteiger partial charge in [0.25, 0.3) is 5.91 Å². The number of amides is 1. The van der Waals surface area contributed by atoms with Crippen molar-refractivity contribution in [1.82, 2.24) is 5.32 Å². The van der Waals surface area contributed by atoms with Crippen molar-refractivity contribution < 1.29 is 14.3 Å². The van der Waals surface area contributed by atoms with Crippen molar-refractivity contribution >= 4 is 35.1 Å². The van der Waals surface area contributed by atoms with E-state index in [4.69, 9.17) is 27.9 Å². The maximum absolute atomic E-state index is 11.9. The van der Waals surface area contributed by atoms with Crippen molar-refractivity contribution in [2.45, 2.75) is 6.54 Å². The molecule has 0 unspecified atom stereocenters. The van der Waals surface area contributed by atoms with Gasteiger partial charge in [-0.25, -0.2) is 4.79 Å². The lowest BCUT2D eigenvalue weighted by Crippen LogP contribution is -2.28. The van der Waals surface area contributed by atoms with Crippen molar-refractivity contribution in [2.24, 2.45) is 0 Å². The fourth-order valence-electron chi connectivity index (χ4n) is 1.71. The number of esters is 1. The molecule has 6 heteroatoms. The van der Waals surface area contributed by atoms with Crippen molar-refractivity contribution in [3.05, 3.63) is 69.7 Å². The largest absolute Gasteiger partial charge is 0.452 e. The summed E-state index contributed by atoms with van der Waals surface area (Å²) < 4.78 is 4.92. The predicted molar refractivity (Wildman–Crippen MR) is 85.0 cm³/mol. The molecule has 2 rings (SSSR count). The molecule has 0 saturated carbocycles. The summed E-state index contributed by atoms with van der Waals surface area (Å²) in [6, 6.07) is 13.9. The average Bonchev–Trinajstić information content (AvgIpc) is 2.54. The fourth-order valence-corrected chi connectivity index (χ4v) is 2.08. The van der Waals surface area contributed by atoms with Gasteiger partial charge < -0.3 is 10.1 Å². The molecule has 2 aromatic carbocycles. The van der Waals surface area contributed by atoms with Gasteiger partial charge in [-0.1, -0.05) is 53.5 Å². The van der Waals surface area contributed by atoms with Gasteiger partial charge in [0.15, 0.2) is 6.61 Å². The van der Waals surface area contributed by atoms with Gasteiger partial charge in [0.2, 0.25) is 0 Å². The van der Waals surface area contributed by atoms with Crippen LogP contribution >= 0.6 is 23.2 Å². The molecule has 4 nitrogen and oxygen atoms in total. The van der Waals surface area contributed by atoms with E-state index in [0.717, 1.165) is 5.56 Å². The van der Waals surface area contributed by atoms with E-state index in [1.165, 1.54) is 12.1 Å². The van der Waals surface area contributed by atoms with Crippen LogP contribution in [0.2, 0.25) is 10.0 Å². The molecule has 0 bridgehead atoms. The molecule has 0 fully saturated rings. The first-order chi connectivity index (χ1) is 10.6. The van der Waals surface area contributed by atoms with Gasteiger partial charge in [-0.3, -0.25) is 4.79 Å². The number of halogens is 2. The highest BCUT2D eigenvalue weighted by Gasteiger charge is 2.14. The minimum absolute atomic E-state index is 0.130. The maximum atomic E-state index is 11.9. The number of hydrogen-bond acceptors (Lipinski definition) is 3. The van der Waals surface area contributed by atoms with E-state index in [9.17, 15) is 9.59 Å². The molecule has 1 amide bonds. The quantitative estimate of drug-likeness (QED) is 0.850. The number of carbonyl (C=O) groups is 2. The van der Waals surface area contributed by atoms with E-state index in [-0.39, 0.29) is 17.2 Å². The van der Waals surface area contributed by atoms with E-state index in [1.807, 2.05) is 30.3 Å². The lowest BCUT2D eigenvalue weighted by molar-refractivity contribution is -0.124. The Bertz CT molecular complexity index is 674. The van der Waals surface area contributed by atoms with Crippen LogP contribution in [0.1, 0.15) is 15.9 Å². The smallest absolute Gasteiger partial charge is 0.340 e. The lowest BCUT2D eigenvalue weighted by Gasteiger charge is -2.08. The summed E-state index contributed by atoms with van der Waals surface area (Å²) >= 11 is 11.7. The number of nitrogens with one attached hydrogen (secondary N) is 1. The minimum Gasteiger partial charge on any atom is -0.452 e. The third-order valence-electron chi connectivity index (χ3n) is 2.82. The number of hydrogen-bond donors (Lipinski definition) is 1. The summed E-state index contributed by atoms with van der Waals surface area (Å²) in [6.45, 7) is -0.0103. The van der Waals surface area contributed by atoms with Gasteiger partial charge in [-0.2, -0.15) is 0 Å². The van der Waals surface area contributed by atoms with Crippen LogP contribution < -0.4 is 5.32 Å². The van der Waals surface area contributed by atoms with Gasteiger partial charge in [0, 0.05) is 11.6 Å². The van der Waals surface area contributed by atoms with Gasteiger partial charge in [0.1, 0.15) is 0 Å². The first kappa shape index (κ1) is 16.3. The molecular formula is C16H13Cl2NO3. The highest BCUT2D eigenvalue weighted by atomic mass is 35.5. The van der Waals surface area contributed by atoms with Crippen LogP contribution in [0.15, 0.2) is 48.5 Å². The van der Waals surface area contributed by atoms with Crippen molar-refractivity contribution in [1.29, 1.82) is 0 Å². The molecule has 0 saturated heterocycles. The topological polar surface area (TPSA) is 55.4 Å². The summed E-state index contributed by atoms with van der Waals surface area (Å²) in [6.07, 6.45) is 0. The molecule has 0 atom stereocenters. The average molecular weight is 338 g/mol. The highest BCUT2D eigenvalue weighted by Crippen LogP contribution is 2.21. The van der Waals surface area contributed by atoms with Crippen LogP contribution in [-0.2, 0) is 16.1 Å². The van der Waals surface area contributed by atoms with Gasteiger partial charge >= 0.3 is 5.97 Å². The molecular weight excluding hydrogens is 325 g/mol. The number of rotatable bonds is 5. The van der Waals surface area contributed by atoms with Crippen LogP contribution in [0.5, 0.6) is 0 Å². The maximum Gasteiger partial charge on any atom is 0.340 e. The first-order valence-electron chi connectivity index (χ1n) is 6.49. The Kier molecular flexibility index (Phi) is 5.81. The van der Waals surface area contributed by atoms with Crippen LogP contribution in [-0.4, -0.2) is 18.5 Å². The Morgan fingerprint density at radius 1 is 1.05 bits per heavy atom. The molecule has 0 heterocycles. The zero-order chi connectivity index (χ0) is 15.9. The van der Waals surface area contributed by atoms with Gasteiger partial charge in [0.05, 0.1) is 10.6 Å². The van der Waals surface area contributed by atoms with Gasteiger partial charge in [-0.15, -0.1) is 0 Å². The predicted octanol–water partition coefficient (Wildman–Crippen LogP) is 3.47. The monoisotopic (exact) mass is 337 g/mol. The molecule has 0 aliphatic carbocycles. The van der Waals surface area contributed by atoms with Crippen LogP contribution in [0, 0.1) is 0 Å². The Labute approximate surface area is 138 Å². The molecule has 0 aliphatic heterocycles. The molecule has 2 aromatic rings. The Balaban J connectivity index is 1.83. The third-order valence-corrected chi connectivity index (χ3v) is 3.38. The van der Waals surface area contributed by atoms with Crippen molar-refractivity contribution in [3.8, 4) is 0 Å². The van der Waals surface area contributed by atoms with Crippen LogP contribution in [0.4, 0.5) is 0 Å². The highest BCUT2D eigenvalue weighted by molar-refractivity contribution is 6.35. The summed E-state index contributed by atoms with van der Waals surface area (Å²) in [7, 11) is 0. The van der Waals surface area contributed by atoms with E-state index >= 15 is 0 Å². The molecule has 0 aliphatic rings. The minimum atomic E-state index is -0.692. The second-order valence-corrected chi connectivity index (χ2v) is 5.31. The van der Waals surface area contributed by atoms with Crippen molar-refractivity contribution in [3.63, 3.8) is 0 Å². The Hall–Kier alpha value is -2.04. The second-order valence-electron chi connectivity index (χ2n) is 4.46. The first-order valence-corrected chi connectivity index (χ1v) is 7.24. The Morgan fingerprint density at radius 2 is 1.77 bits per heavy atom. The summed E-state index contributed by atoms with van der Waals surface area (Å²) in [5, 5.41) is 3.24. The molecule has 0 radical (unpaired) electrons. The summed E-state index contributed by atoms with van der Waals surface area (Å²) in [5.74, 6) is -1.09. The van der Waals surface area contributed by atoms with E-state index in [1.54, 1.807) is 6.07 Å². The SMILES string of the molecule is O=C(COC(=O)c1cc(Cl)ccc1Cl)NCc1ccccc1. The van der Waals surface area contributed by atoms with E-state index in [0.29, 0.717) is 11.6 Å². The molecule has 22 heavy (non-hydrogen) atoms. The van der Waals surface area contributed by atoms with Crippen molar-refractivity contribution in [2.75, 3.05) is 6.61 Å². The number of ether oxygens (including phenoxy) is 1. The molecule has 1 N–H and O–H groups in total. The summed E-state index contributed by atoms with van der Waals surface area (Å²) in [5.41, 5.74) is 1.09. The van der Waals surface area contributed by atoms with Crippen LogP contribution in [0.3, 0.4) is 0 Å². The normalized spacial score (nSPS) is 10.1. The molecule has 0 spiro atoms. The number of benzene rings is 2. The summed E-state index contributed by atoms with van der Waals surface area (Å²) in [4.78, 5) is 23.5. The third kappa shape index (κ3) is 4.76. The Morgan fingerprint density at radius 3 is 2.50 bits per heavy atom. The zero-order valence-corrected chi connectivity index (χ0v) is 13.0. The van der Waals surface area contributed by atoms with Crippen LogP contribution in [0.25, 0.3) is 0 Å². The lowest BCUT2D eigenvalue weighted by atomic mass is 10.2. The number of carbonyl (C=O) groups excluding carboxylic acids is 2.